The zero-order chi connectivity index (χ0) is 22.5. The molecule has 0 spiro atoms. The van der Waals surface area contributed by atoms with E-state index in [9.17, 15) is 4.79 Å². The summed E-state index contributed by atoms with van der Waals surface area (Å²) < 4.78 is 13.5. The van der Waals surface area contributed by atoms with Crippen molar-refractivity contribution in [2.45, 2.75) is 26.9 Å². The molecule has 6 heteroatoms. The molecule has 4 aromatic rings. The number of carbonyl (C=O) groups excluding carboxylic acids is 1. The number of imidazole rings is 1. The quantitative estimate of drug-likeness (QED) is 0.442. The molecule has 1 heterocycles. The second kappa shape index (κ2) is 9.56. The van der Waals surface area contributed by atoms with E-state index in [1.807, 2.05) is 43.3 Å². The number of benzene rings is 3. The number of amides is 1. The van der Waals surface area contributed by atoms with Crippen molar-refractivity contribution in [1.82, 2.24) is 14.9 Å². The summed E-state index contributed by atoms with van der Waals surface area (Å²) in [6.07, 6.45) is 0. The van der Waals surface area contributed by atoms with Gasteiger partial charge < -0.3 is 19.4 Å². The first kappa shape index (κ1) is 21.4. The zero-order valence-electron chi connectivity index (χ0n) is 18.6. The highest BCUT2D eigenvalue weighted by molar-refractivity contribution is 5.96. The van der Waals surface area contributed by atoms with Crippen LogP contribution in [-0.4, -0.2) is 29.2 Å². The highest BCUT2D eigenvalue weighted by Crippen LogP contribution is 2.21. The number of nitrogens with one attached hydrogen (secondary N) is 1. The number of nitrogens with zero attached hydrogens (tertiary/aromatic N) is 2. The summed E-state index contributed by atoms with van der Waals surface area (Å²) in [5, 5.41) is 2.97. The van der Waals surface area contributed by atoms with E-state index >= 15 is 0 Å². The molecule has 0 atom stereocenters. The Morgan fingerprint density at radius 3 is 2.62 bits per heavy atom. The van der Waals surface area contributed by atoms with Crippen LogP contribution in [0.15, 0.2) is 66.7 Å². The van der Waals surface area contributed by atoms with Gasteiger partial charge in [-0.05, 0) is 55.3 Å². The van der Waals surface area contributed by atoms with Crippen molar-refractivity contribution in [2.24, 2.45) is 0 Å². The number of hydrogen-bond acceptors (Lipinski definition) is 4. The minimum atomic E-state index is -0.201. The van der Waals surface area contributed by atoms with Gasteiger partial charge in [-0.15, -0.1) is 0 Å². The van der Waals surface area contributed by atoms with E-state index in [0.29, 0.717) is 31.0 Å². The van der Waals surface area contributed by atoms with Crippen LogP contribution in [0.4, 0.5) is 0 Å². The average Bonchev–Trinajstić information content (AvgIpc) is 3.17. The molecule has 1 amide bonds. The van der Waals surface area contributed by atoms with Crippen LogP contribution in [0.1, 0.15) is 27.3 Å². The second-order valence-corrected chi connectivity index (χ2v) is 7.67. The molecule has 0 aliphatic carbocycles. The molecule has 4 rings (SSSR count). The normalized spacial score (nSPS) is 10.8. The Labute approximate surface area is 187 Å². The van der Waals surface area contributed by atoms with E-state index in [2.05, 4.69) is 35.0 Å². The summed E-state index contributed by atoms with van der Waals surface area (Å²) in [5.74, 6) is 2.01. The van der Waals surface area contributed by atoms with E-state index < -0.39 is 0 Å². The van der Waals surface area contributed by atoms with Crippen molar-refractivity contribution >= 4 is 16.9 Å². The third-order valence-corrected chi connectivity index (χ3v) is 5.41. The van der Waals surface area contributed by atoms with Crippen molar-refractivity contribution in [2.75, 3.05) is 13.7 Å². The van der Waals surface area contributed by atoms with Crippen LogP contribution in [0.5, 0.6) is 11.5 Å². The molecule has 0 saturated heterocycles. The lowest BCUT2D eigenvalue weighted by molar-refractivity contribution is 0.0946. The van der Waals surface area contributed by atoms with Crippen LogP contribution in [0.3, 0.4) is 0 Å². The molecule has 0 aliphatic heterocycles. The van der Waals surface area contributed by atoms with Crippen LogP contribution in [0.25, 0.3) is 11.0 Å². The summed E-state index contributed by atoms with van der Waals surface area (Å²) in [4.78, 5) is 17.5. The predicted octanol–water partition coefficient (Wildman–Crippen LogP) is 4.67. The molecule has 1 aromatic heterocycles. The van der Waals surface area contributed by atoms with Crippen molar-refractivity contribution in [1.29, 1.82) is 0 Å². The number of aryl methyl sites for hydroxylation is 2. The monoisotopic (exact) mass is 429 g/mol. The van der Waals surface area contributed by atoms with Crippen LogP contribution in [-0.2, 0) is 13.1 Å². The largest absolute Gasteiger partial charge is 0.496 e. The van der Waals surface area contributed by atoms with Crippen LogP contribution in [0.2, 0.25) is 0 Å². The van der Waals surface area contributed by atoms with Gasteiger partial charge >= 0.3 is 0 Å². The Balaban J connectivity index is 1.51. The van der Waals surface area contributed by atoms with Crippen molar-refractivity contribution in [3.8, 4) is 11.5 Å². The highest BCUT2D eigenvalue weighted by Gasteiger charge is 2.15. The first-order valence-electron chi connectivity index (χ1n) is 10.6. The number of fused-ring (bicyclic) bond motifs is 1. The van der Waals surface area contributed by atoms with E-state index in [4.69, 9.17) is 14.5 Å². The van der Waals surface area contributed by atoms with Gasteiger partial charge in [-0.1, -0.05) is 36.4 Å². The number of carbonyl (C=O) groups is 1. The van der Waals surface area contributed by atoms with Gasteiger partial charge in [0.1, 0.15) is 23.9 Å². The highest BCUT2D eigenvalue weighted by atomic mass is 16.5. The van der Waals surface area contributed by atoms with Crippen LogP contribution in [0, 0.1) is 13.8 Å². The number of methoxy groups -OCH3 is 1. The maximum Gasteiger partial charge on any atom is 0.255 e. The molecule has 1 N–H and O–H groups in total. The Morgan fingerprint density at radius 2 is 1.78 bits per heavy atom. The van der Waals surface area contributed by atoms with Crippen molar-refractivity contribution in [3.63, 3.8) is 0 Å². The molecule has 0 aliphatic rings. The number of aromatic nitrogens is 2. The summed E-state index contributed by atoms with van der Waals surface area (Å²) in [6.45, 7) is 5.51. The standard InChI is InChI=1S/C26H27N3O3/c1-18-12-13-19(2)24(16-18)32-15-14-29-22-10-6-5-9-21(22)28-25(29)17-27-26(30)20-8-4-7-11-23(20)31-3/h4-13,16H,14-15,17H2,1-3H3,(H,27,30). The number of rotatable bonds is 8. The minimum Gasteiger partial charge on any atom is -0.496 e. The fraction of sp³-hybridized carbons (Fsp3) is 0.231. The van der Waals surface area contributed by atoms with Crippen LogP contribution < -0.4 is 14.8 Å². The topological polar surface area (TPSA) is 65.4 Å². The molecule has 3 aromatic carbocycles. The number of ether oxygens (including phenoxy) is 2. The average molecular weight is 430 g/mol. The Bertz CT molecular complexity index is 1250. The van der Waals surface area contributed by atoms with Crippen molar-refractivity contribution in [3.05, 3.63) is 89.2 Å². The summed E-state index contributed by atoms with van der Waals surface area (Å²) >= 11 is 0. The van der Waals surface area contributed by atoms with Gasteiger partial charge in [-0.2, -0.15) is 0 Å². The first-order valence-corrected chi connectivity index (χ1v) is 10.6. The van der Waals surface area contributed by atoms with E-state index in [1.165, 1.54) is 5.56 Å². The number of para-hydroxylation sites is 3. The summed E-state index contributed by atoms with van der Waals surface area (Å²) in [7, 11) is 1.56. The summed E-state index contributed by atoms with van der Waals surface area (Å²) in [6, 6.07) is 21.3. The maximum absolute atomic E-state index is 12.7. The molecular weight excluding hydrogens is 402 g/mol. The Hall–Kier alpha value is -3.80. The fourth-order valence-electron chi connectivity index (χ4n) is 3.71. The zero-order valence-corrected chi connectivity index (χ0v) is 18.6. The first-order chi connectivity index (χ1) is 15.6. The predicted molar refractivity (Wildman–Crippen MR) is 125 cm³/mol. The van der Waals surface area contributed by atoms with Gasteiger partial charge in [-0.25, -0.2) is 4.98 Å². The second-order valence-electron chi connectivity index (χ2n) is 7.67. The fourth-order valence-corrected chi connectivity index (χ4v) is 3.71. The molecule has 0 unspecified atom stereocenters. The smallest absolute Gasteiger partial charge is 0.255 e. The Kier molecular flexibility index (Phi) is 6.40. The van der Waals surface area contributed by atoms with Gasteiger partial charge in [0.2, 0.25) is 0 Å². The SMILES string of the molecule is COc1ccccc1C(=O)NCc1nc2ccccc2n1CCOc1cc(C)ccc1C. The third kappa shape index (κ3) is 4.59. The maximum atomic E-state index is 12.7. The lowest BCUT2D eigenvalue weighted by Gasteiger charge is -2.13. The molecule has 0 fully saturated rings. The van der Waals surface area contributed by atoms with E-state index in [-0.39, 0.29) is 5.91 Å². The molecular formula is C26H27N3O3. The lowest BCUT2D eigenvalue weighted by atomic mass is 10.1. The molecule has 0 bridgehead atoms. The van der Waals surface area contributed by atoms with Crippen LogP contribution >= 0.6 is 0 Å². The molecule has 32 heavy (non-hydrogen) atoms. The third-order valence-electron chi connectivity index (χ3n) is 5.41. The molecule has 0 saturated carbocycles. The molecule has 164 valence electrons. The summed E-state index contributed by atoms with van der Waals surface area (Å²) in [5.41, 5.74) is 4.67. The minimum absolute atomic E-state index is 0.201. The van der Waals surface area contributed by atoms with Crippen molar-refractivity contribution < 1.29 is 14.3 Å². The van der Waals surface area contributed by atoms with Gasteiger partial charge in [0.05, 0.1) is 36.8 Å². The van der Waals surface area contributed by atoms with Gasteiger partial charge in [-0.3, -0.25) is 4.79 Å². The van der Waals surface area contributed by atoms with E-state index in [1.54, 1.807) is 19.2 Å². The number of hydrogen-bond donors (Lipinski definition) is 1. The van der Waals surface area contributed by atoms with Gasteiger partial charge in [0.25, 0.3) is 5.91 Å². The Morgan fingerprint density at radius 1 is 1.00 bits per heavy atom. The van der Waals surface area contributed by atoms with Gasteiger partial charge in [0.15, 0.2) is 0 Å². The lowest BCUT2D eigenvalue weighted by Crippen LogP contribution is -2.25. The van der Waals surface area contributed by atoms with E-state index in [0.717, 1.165) is 28.2 Å². The molecule has 6 nitrogen and oxygen atoms in total. The van der Waals surface area contributed by atoms with Gasteiger partial charge in [0, 0.05) is 0 Å². The molecule has 0 radical (unpaired) electrons.